The Labute approximate surface area is 190 Å². The van der Waals surface area contributed by atoms with Crippen molar-refractivity contribution in [1.29, 1.82) is 0 Å². The summed E-state index contributed by atoms with van der Waals surface area (Å²) in [7, 11) is 1.44. The van der Waals surface area contributed by atoms with Gasteiger partial charge in [-0.1, -0.05) is 6.07 Å². The highest BCUT2D eigenvalue weighted by molar-refractivity contribution is 5.96. The number of nitrogens with zero attached hydrogens (tertiary/aromatic N) is 3. The molecule has 0 saturated carbocycles. The summed E-state index contributed by atoms with van der Waals surface area (Å²) in [5.74, 6) is -6.13. The lowest BCUT2D eigenvalue weighted by atomic mass is 9.94. The first-order valence-electron chi connectivity index (χ1n) is 10.3. The summed E-state index contributed by atoms with van der Waals surface area (Å²) in [5.41, 5.74) is -0.945. The van der Waals surface area contributed by atoms with E-state index in [1.165, 1.54) is 33.9 Å². The summed E-state index contributed by atoms with van der Waals surface area (Å²) in [6.07, 6.45) is 0.651. The number of halogens is 4. The standard InChI is InChI=1S/C23H17F4N3O4/c1-28-19-5-7-34-18-10-16(27)15(26)9-12(18)20(11-2-3-13(24)14(25)8-11)30(19)29-6-4-17(31)22(32)21(29)23(28)33/h2-4,6,8-10,19-20,32H,5,7H2,1H3. The minimum Gasteiger partial charge on any atom is -0.502 e. The van der Waals surface area contributed by atoms with Gasteiger partial charge in [-0.05, 0) is 23.8 Å². The molecule has 0 fully saturated rings. The van der Waals surface area contributed by atoms with Crippen LogP contribution >= 0.6 is 0 Å². The number of pyridine rings is 1. The summed E-state index contributed by atoms with van der Waals surface area (Å²) in [4.78, 5) is 26.4. The van der Waals surface area contributed by atoms with Gasteiger partial charge < -0.3 is 14.7 Å². The fourth-order valence-electron chi connectivity index (χ4n) is 4.47. The molecule has 2 aromatic carbocycles. The van der Waals surface area contributed by atoms with E-state index in [-0.39, 0.29) is 35.6 Å². The molecular formula is C23H17F4N3O4. The molecule has 34 heavy (non-hydrogen) atoms. The number of amides is 1. The smallest absolute Gasteiger partial charge is 0.277 e. The number of aromatic hydroxyl groups is 1. The zero-order chi connectivity index (χ0) is 24.3. The first-order chi connectivity index (χ1) is 16.2. The molecule has 1 aromatic heterocycles. The largest absolute Gasteiger partial charge is 0.502 e. The molecule has 176 valence electrons. The van der Waals surface area contributed by atoms with E-state index in [0.29, 0.717) is 0 Å². The van der Waals surface area contributed by atoms with Crippen molar-refractivity contribution >= 4 is 5.91 Å². The minimum atomic E-state index is -1.20. The molecule has 2 aliphatic heterocycles. The second kappa shape index (κ2) is 7.79. The van der Waals surface area contributed by atoms with Crippen molar-refractivity contribution in [3.63, 3.8) is 0 Å². The Morgan fingerprint density at radius 2 is 1.68 bits per heavy atom. The van der Waals surface area contributed by atoms with Crippen LogP contribution in [0.5, 0.6) is 11.5 Å². The summed E-state index contributed by atoms with van der Waals surface area (Å²) >= 11 is 0. The van der Waals surface area contributed by atoms with Crippen molar-refractivity contribution in [2.24, 2.45) is 0 Å². The Bertz CT molecular complexity index is 1390. The maximum absolute atomic E-state index is 14.4. The molecule has 5 rings (SSSR count). The fraction of sp³-hybridized carbons (Fsp3) is 0.217. The molecule has 0 spiro atoms. The van der Waals surface area contributed by atoms with Crippen LogP contribution in [0.4, 0.5) is 17.6 Å². The maximum atomic E-state index is 14.4. The van der Waals surface area contributed by atoms with Crippen molar-refractivity contribution in [2.75, 3.05) is 18.7 Å². The van der Waals surface area contributed by atoms with Gasteiger partial charge in [0.1, 0.15) is 18.0 Å². The quantitative estimate of drug-likeness (QED) is 0.548. The summed E-state index contributed by atoms with van der Waals surface area (Å²) in [6, 6.07) is 4.71. The molecule has 1 N–H and O–H groups in total. The molecule has 0 aliphatic carbocycles. The van der Waals surface area contributed by atoms with Crippen LogP contribution in [0.2, 0.25) is 0 Å². The minimum absolute atomic E-state index is 0.00285. The van der Waals surface area contributed by atoms with E-state index < -0.39 is 52.6 Å². The van der Waals surface area contributed by atoms with Gasteiger partial charge in [-0.2, -0.15) is 0 Å². The van der Waals surface area contributed by atoms with Crippen molar-refractivity contribution in [2.45, 2.75) is 18.6 Å². The van der Waals surface area contributed by atoms with Gasteiger partial charge in [0.25, 0.3) is 5.91 Å². The van der Waals surface area contributed by atoms with Crippen molar-refractivity contribution in [3.8, 4) is 11.5 Å². The Kier molecular flexibility index (Phi) is 4.99. The SMILES string of the molecule is CN1C(=O)c2c(O)c(=O)ccn2N2C(c3ccc(F)c(F)c3)c3cc(F)c(F)cc3OCCC12. The monoisotopic (exact) mass is 475 g/mol. The number of hydrogen-bond acceptors (Lipinski definition) is 5. The van der Waals surface area contributed by atoms with Crippen LogP contribution in [0, 0.1) is 23.3 Å². The van der Waals surface area contributed by atoms with E-state index in [9.17, 15) is 32.3 Å². The van der Waals surface area contributed by atoms with Crippen molar-refractivity contribution in [1.82, 2.24) is 9.58 Å². The van der Waals surface area contributed by atoms with Crippen LogP contribution < -0.4 is 15.2 Å². The highest BCUT2D eigenvalue weighted by atomic mass is 19.2. The predicted octanol–water partition coefficient (Wildman–Crippen LogP) is 3.03. The van der Waals surface area contributed by atoms with Crippen LogP contribution in [0.15, 0.2) is 47.4 Å². The zero-order valence-electron chi connectivity index (χ0n) is 17.6. The van der Waals surface area contributed by atoms with Gasteiger partial charge in [-0.3, -0.25) is 19.3 Å². The number of aromatic nitrogens is 1. The van der Waals surface area contributed by atoms with Gasteiger partial charge in [0.05, 0.1) is 6.61 Å². The summed E-state index contributed by atoms with van der Waals surface area (Å²) in [6.45, 7) is 0.00285. The third-order valence-electron chi connectivity index (χ3n) is 6.08. The average Bonchev–Trinajstić information content (AvgIpc) is 2.79. The third kappa shape index (κ3) is 3.18. The maximum Gasteiger partial charge on any atom is 0.277 e. The zero-order valence-corrected chi connectivity index (χ0v) is 17.6. The summed E-state index contributed by atoms with van der Waals surface area (Å²) in [5, 5.41) is 11.9. The van der Waals surface area contributed by atoms with Gasteiger partial charge >= 0.3 is 0 Å². The fourth-order valence-corrected chi connectivity index (χ4v) is 4.47. The molecule has 3 aromatic rings. The highest BCUT2D eigenvalue weighted by Gasteiger charge is 2.43. The number of carbonyl (C=O) groups is 1. The lowest BCUT2D eigenvalue weighted by Gasteiger charge is -2.49. The Morgan fingerprint density at radius 1 is 0.971 bits per heavy atom. The lowest BCUT2D eigenvalue weighted by molar-refractivity contribution is 0.0573. The number of ether oxygens (including phenoxy) is 1. The van der Waals surface area contributed by atoms with E-state index in [4.69, 9.17) is 4.74 Å². The number of fused-ring (bicyclic) bond motifs is 4. The lowest BCUT2D eigenvalue weighted by Crippen LogP contribution is -2.62. The van der Waals surface area contributed by atoms with Gasteiger partial charge in [0.15, 0.2) is 34.7 Å². The Hall–Kier alpha value is -4.02. The van der Waals surface area contributed by atoms with E-state index in [0.717, 1.165) is 30.3 Å². The normalized spacial score (nSPS) is 19.5. The third-order valence-corrected chi connectivity index (χ3v) is 6.08. The highest BCUT2D eigenvalue weighted by Crippen LogP contribution is 2.41. The van der Waals surface area contributed by atoms with Crippen LogP contribution in [-0.4, -0.2) is 40.4 Å². The second-order valence-electron chi connectivity index (χ2n) is 8.02. The molecule has 11 heteroatoms. The average molecular weight is 475 g/mol. The first-order valence-corrected chi connectivity index (χ1v) is 10.3. The molecule has 1 amide bonds. The molecule has 2 aliphatic rings. The van der Waals surface area contributed by atoms with Gasteiger partial charge in [-0.25, -0.2) is 17.6 Å². The molecule has 3 heterocycles. The first kappa shape index (κ1) is 21.8. The summed E-state index contributed by atoms with van der Waals surface area (Å²) < 4.78 is 63.5. The van der Waals surface area contributed by atoms with Crippen molar-refractivity contribution in [3.05, 3.63) is 92.9 Å². The van der Waals surface area contributed by atoms with E-state index in [1.807, 2.05) is 0 Å². The molecule has 2 atom stereocenters. The molecule has 7 nitrogen and oxygen atoms in total. The molecule has 0 saturated heterocycles. The van der Waals surface area contributed by atoms with Crippen LogP contribution in [0.1, 0.15) is 34.1 Å². The van der Waals surface area contributed by atoms with Crippen LogP contribution in [-0.2, 0) is 0 Å². The second-order valence-corrected chi connectivity index (χ2v) is 8.02. The van der Waals surface area contributed by atoms with E-state index >= 15 is 0 Å². The van der Waals surface area contributed by atoms with E-state index in [1.54, 1.807) is 0 Å². The number of benzene rings is 2. The Morgan fingerprint density at radius 3 is 2.41 bits per heavy atom. The topological polar surface area (TPSA) is 75.0 Å². The molecule has 0 bridgehead atoms. The molecule has 0 radical (unpaired) electrons. The predicted molar refractivity (Wildman–Crippen MR) is 111 cm³/mol. The van der Waals surface area contributed by atoms with Gasteiger partial charge in [0.2, 0.25) is 5.43 Å². The molecule has 2 unspecified atom stereocenters. The number of hydrogen-bond donors (Lipinski definition) is 1. The molecular weight excluding hydrogens is 458 g/mol. The number of carbonyl (C=O) groups excluding carboxylic acids is 1. The van der Waals surface area contributed by atoms with Crippen LogP contribution in [0.3, 0.4) is 0 Å². The van der Waals surface area contributed by atoms with Crippen LogP contribution in [0.25, 0.3) is 0 Å². The number of rotatable bonds is 1. The van der Waals surface area contributed by atoms with Gasteiger partial charge in [-0.15, -0.1) is 0 Å². The Balaban J connectivity index is 1.86. The van der Waals surface area contributed by atoms with Crippen molar-refractivity contribution < 1.29 is 32.2 Å². The van der Waals surface area contributed by atoms with Gasteiger partial charge in [0, 0.05) is 37.4 Å². The van der Waals surface area contributed by atoms with E-state index in [2.05, 4.69) is 0 Å².